The largest absolute Gasteiger partial charge is 0.332 e. The second-order valence-corrected chi connectivity index (χ2v) is 4.16. The van der Waals surface area contributed by atoms with E-state index in [1.807, 2.05) is 0 Å². The quantitative estimate of drug-likeness (QED) is 0.542. The molecule has 0 aromatic rings. The van der Waals surface area contributed by atoms with Crippen LogP contribution < -0.4 is 0 Å². The Hall–Kier alpha value is -1.34. The topological polar surface area (TPSA) is 3.24 Å². The summed E-state index contributed by atoms with van der Waals surface area (Å²) in [5.41, 5.74) is 1.28. The van der Waals surface area contributed by atoms with E-state index >= 15 is 0 Å². The fourth-order valence-corrected chi connectivity index (χ4v) is 2.01. The number of hydrogen-bond acceptors (Lipinski definition) is 1. The summed E-state index contributed by atoms with van der Waals surface area (Å²) in [4.78, 5) is 2.20. The van der Waals surface area contributed by atoms with Crippen LogP contribution >= 0.6 is 0 Å². The van der Waals surface area contributed by atoms with Gasteiger partial charge in [-0.3, -0.25) is 0 Å². The van der Waals surface area contributed by atoms with E-state index < -0.39 is 0 Å². The summed E-state index contributed by atoms with van der Waals surface area (Å²) in [5.74, 6) is 9.04. The van der Waals surface area contributed by atoms with Crippen LogP contribution in [0.2, 0.25) is 0 Å². The Labute approximate surface area is 92.5 Å². The zero-order chi connectivity index (χ0) is 10.3. The van der Waals surface area contributed by atoms with Gasteiger partial charge in [-0.1, -0.05) is 12.0 Å². The van der Waals surface area contributed by atoms with Gasteiger partial charge in [0.1, 0.15) is 0 Å². The van der Waals surface area contributed by atoms with Crippen LogP contribution in [0.5, 0.6) is 0 Å². The molecule has 0 unspecified atom stereocenters. The molecule has 2 rings (SSSR count). The van der Waals surface area contributed by atoms with Gasteiger partial charge in [0, 0.05) is 25.1 Å². The molecule has 15 heavy (non-hydrogen) atoms. The molecule has 2 aliphatic rings. The predicted octanol–water partition coefficient (Wildman–Crippen LogP) is 2.55. The van der Waals surface area contributed by atoms with Crippen LogP contribution in [0.15, 0.2) is 11.6 Å². The average Bonchev–Trinajstić information content (AvgIpc) is 2.79. The van der Waals surface area contributed by atoms with Crippen LogP contribution in [-0.2, 0) is 0 Å². The van der Waals surface area contributed by atoms with Crippen molar-refractivity contribution in [3.8, 4) is 23.8 Å². The smallest absolute Gasteiger partial charge is 0.0260 e. The molecule has 0 radical (unpaired) electrons. The van der Waals surface area contributed by atoms with Crippen molar-refractivity contribution in [1.82, 2.24) is 4.90 Å². The lowest BCUT2D eigenvalue weighted by Gasteiger charge is -2.21. The Morgan fingerprint density at radius 3 is 2.60 bits per heavy atom. The first-order valence-electron chi connectivity index (χ1n) is 5.91. The Balaban J connectivity index is 1.82. The van der Waals surface area contributed by atoms with Gasteiger partial charge in [-0.05, 0) is 50.0 Å². The van der Waals surface area contributed by atoms with Crippen molar-refractivity contribution in [3.05, 3.63) is 11.6 Å². The molecule has 1 heterocycles. The maximum atomic E-state index is 3.13. The molecule has 0 aromatic carbocycles. The average molecular weight is 199 g/mol. The van der Waals surface area contributed by atoms with E-state index in [0.29, 0.717) is 0 Å². The minimum absolute atomic E-state index is 1.12. The highest BCUT2D eigenvalue weighted by molar-refractivity contribution is 5.37. The van der Waals surface area contributed by atoms with Gasteiger partial charge in [0.05, 0.1) is 0 Å². The van der Waals surface area contributed by atoms with Crippen LogP contribution in [-0.4, -0.2) is 18.0 Å². The fraction of sp³-hybridized carbons (Fsp3) is 0.571. The Kier molecular flexibility index (Phi) is 3.75. The van der Waals surface area contributed by atoms with Gasteiger partial charge in [-0.2, -0.15) is 0 Å². The summed E-state index contributed by atoms with van der Waals surface area (Å²) < 4.78 is 0. The van der Waals surface area contributed by atoms with Gasteiger partial charge >= 0.3 is 0 Å². The molecular weight excluding hydrogens is 182 g/mol. The number of hydrogen-bond donors (Lipinski definition) is 0. The van der Waals surface area contributed by atoms with Gasteiger partial charge in [-0.25, -0.2) is 0 Å². The molecule has 1 aliphatic carbocycles. The highest BCUT2D eigenvalue weighted by Gasteiger charge is 2.04. The Bertz CT molecular complexity index is 350. The number of piperidine rings is 1. The summed E-state index contributed by atoms with van der Waals surface area (Å²) in [6.07, 6.45) is 9.78. The zero-order valence-corrected chi connectivity index (χ0v) is 9.18. The molecule has 0 saturated carbocycles. The lowest BCUT2D eigenvalue weighted by atomic mass is 10.1. The van der Waals surface area contributed by atoms with Gasteiger partial charge in [0.15, 0.2) is 0 Å². The van der Waals surface area contributed by atoms with E-state index in [1.54, 1.807) is 0 Å². The number of rotatable bonds is 0. The van der Waals surface area contributed by atoms with E-state index in [1.165, 1.54) is 37.7 Å². The van der Waals surface area contributed by atoms with Gasteiger partial charge in [0.25, 0.3) is 0 Å². The summed E-state index contributed by atoms with van der Waals surface area (Å²) >= 11 is 0. The molecule has 78 valence electrons. The van der Waals surface area contributed by atoms with Crippen molar-refractivity contribution in [3.63, 3.8) is 0 Å². The molecule has 0 N–H and O–H groups in total. The summed E-state index contributed by atoms with van der Waals surface area (Å²) in [5, 5.41) is 0. The van der Waals surface area contributed by atoms with Crippen LogP contribution in [0, 0.1) is 23.8 Å². The highest BCUT2D eigenvalue weighted by Crippen LogP contribution is 2.15. The van der Waals surface area contributed by atoms with Gasteiger partial charge in [-0.15, -0.1) is 0 Å². The number of nitrogens with zero attached hydrogens (tertiary/aromatic N) is 1. The molecule has 0 spiro atoms. The first-order valence-corrected chi connectivity index (χ1v) is 5.91. The third kappa shape index (κ3) is 3.37. The molecule has 1 fully saturated rings. The normalized spacial score (nSPS) is 19.7. The van der Waals surface area contributed by atoms with Crippen molar-refractivity contribution in [2.75, 3.05) is 13.1 Å². The van der Waals surface area contributed by atoms with Crippen molar-refractivity contribution >= 4 is 0 Å². The third-order valence-electron chi connectivity index (χ3n) is 2.90. The molecule has 0 bridgehead atoms. The maximum absolute atomic E-state index is 3.13. The zero-order valence-electron chi connectivity index (χ0n) is 9.18. The Morgan fingerprint density at radius 1 is 1.00 bits per heavy atom. The van der Waals surface area contributed by atoms with E-state index in [4.69, 9.17) is 0 Å². The summed E-state index contributed by atoms with van der Waals surface area (Å²) in [6, 6.07) is 3.13. The first-order chi connectivity index (χ1) is 7.45. The van der Waals surface area contributed by atoms with Crippen molar-refractivity contribution in [2.45, 2.75) is 38.5 Å². The highest BCUT2D eigenvalue weighted by atomic mass is 15.1. The molecular formula is C14H17N. The second kappa shape index (κ2) is 5.52. The molecule has 0 atom stereocenters. The van der Waals surface area contributed by atoms with Crippen molar-refractivity contribution in [1.29, 1.82) is 0 Å². The van der Waals surface area contributed by atoms with Crippen LogP contribution in [0.3, 0.4) is 0 Å². The molecule has 1 saturated heterocycles. The molecule has 0 amide bonds. The van der Waals surface area contributed by atoms with Crippen molar-refractivity contribution < 1.29 is 0 Å². The molecule has 1 aliphatic heterocycles. The minimum atomic E-state index is 1.12. The van der Waals surface area contributed by atoms with Gasteiger partial charge in [0.2, 0.25) is 0 Å². The lowest BCUT2D eigenvalue weighted by molar-refractivity contribution is 0.327. The molecule has 1 nitrogen and oxygen atoms in total. The molecule has 0 aromatic heterocycles. The third-order valence-corrected chi connectivity index (χ3v) is 2.90. The maximum Gasteiger partial charge on any atom is 0.0260 e. The number of likely N-dealkylation sites (tertiary alicyclic amines) is 1. The van der Waals surface area contributed by atoms with Crippen LogP contribution in [0.25, 0.3) is 0 Å². The standard InChI is InChI=1S/C14H17N/c1-5-11-15(12-6-1)13-7-4-10-14-8-2-3-9-14/h8H,1-3,5-6,9,11-12H2. The van der Waals surface area contributed by atoms with Gasteiger partial charge < -0.3 is 4.90 Å². The SMILES string of the molecule is C(C#CN1CCCCC1)#CC1=CCCC1. The minimum Gasteiger partial charge on any atom is -0.332 e. The van der Waals surface area contributed by atoms with Crippen LogP contribution in [0.4, 0.5) is 0 Å². The first kappa shape index (κ1) is 10.2. The predicted molar refractivity (Wildman–Crippen MR) is 62.9 cm³/mol. The Morgan fingerprint density at radius 2 is 1.87 bits per heavy atom. The van der Waals surface area contributed by atoms with E-state index in [2.05, 4.69) is 34.8 Å². The van der Waals surface area contributed by atoms with Crippen LogP contribution in [0.1, 0.15) is 38.5 Å². The lowest BCUT2D eigenvalue weighted by Crippen LogP contribution is -2.24. The van der Waals surface area contributed by atoms with E-state index in [0.717, 1.165) is 19.5 Å². The summed E-state index contributed by atoms with van der Waals surface area (Å²) in [7, 11) is 0. The second-order valence-electron chi connectivity index (χ2n) is 4.16. The molecule has 1 heteroatoms. The monoisotopic (exact) mass is 199 g/mol. The number of allylic oxidation sites excluding steroid dienone is 2. The summed E-state index contributed by atoms with van der Waals surface area (Å²) in [6.45, 7) is 2.24. The van der Waals surface area contributed by atoms with E-state index in [-0.39, 0.29) is 0 Å². The fourth-order valence-electron chi connectivity index (χ4n) is 2.01. The van der Waals surface area contributed by atoms with Crippen molar-refractivity contribution in [2.24, 2.45) is 0 Å². The van der Waals surface area contributed by atoms with E-state index in [9.17, 15) is 0 Å².